The molecule has 0 saturated carbocycles. The molecule has 3 nitrogen and oxygen atoms in total. The summed E-state index contributed by atoms with van der Waals surface area (Å²) in [7, 11) is 1.71. The second-order valence-corrected chi connectivity index (χ2v) is 7.11. The van der Waals surface area contributed by atoms with Gasteiger partial charge in [-0.25, -0.2) is 0 Å². The topological polar surface area (TPSA) is 37.4 Å². The van der Waals surface area contributed by atoms with Gasteiger partial charge in [0.15, 0.2) is 5.78 Å². The number of Topliss-reactive ketones (excluding diaryl/α,β-unsaturated/α-hetero) is 1. The monoisotopic (exact) mass is 371 g/mol. The van der Waals surface area contributed by atoms with Gasteiger partial charge in [0.25, 0.3) is 0 Å². The third-order valence-electron chi connectivity index (χ3n) is 5.16. The lowest BCUT2D eigenvalue weighted by molar-refractivity contribution is -0.131. The minimum atomic E-state index is -0.551. The molecule has 0 N–H and O–H groups in total. The lowest BCUT2D eigenvalue weighted by Crippen LogP contribution is -2.43. The van der Waals surface area contributed by atoms with Gasteiger partial charge < -0.3 is 4.90 Å². The molecule has 1 unspecified atom stereocenters. The van der Waals surface area contributed by atoms with Crippen LogP contribution in [0, 0.1) is 6.92 Å². The number of benzene rings is 3. The molecular formula is C25H25NO2. The smallest absolute Gasteiger partial charge is 0.234 e. The number of nitrogens with zero attached hydrogens (tertiary/aromatic N) is 1. The number of ketones is 1. The lowest BCUT2D eigenvalue weighted by Gasteiger charge is -2.29. The highest BCUT2D eigenvalue weighted by Gasteiger charge is 2.30. The lowest BCUT2D eigenvalue weighted by atomic mass is 9.89. The summed E-state index contributed by atoms with van der Waals surface area (Å²) in [6, 6.07) is 26.3. The first-order chi connectivity index (χ1) is 13.5. The van der Waals surface area contributed by atoms with Gasteiger partial charge in [-0.05, 0) is 25.0 Å². The molecule has 0 bridgehead atoms. The second-order valence-electron chi connectivity index (χ2n) is 7.11. The van der Waals surface area contributed by atoms with Gasteiger partial charge in [-0.15, -0.1) is 0 Å². The number of likely N-dealkylation sites (N-methyl/N-ethyl adjacent to an activating group) is 1. The van der Waals surface area contributed by atoms with E-state index in [1.54, 1.807) is 18.9 Å². The average Bonchev–Trinajstić information content (AvgIpc) is 2.74. The molecule has 3 rings (SSSR count). The van der Waals surface area contributed by atoms with Crippen molar-refractivity contribution in [2.45, 2.75) is 25.8 Å². The van der Waals surface area contributed by atoms with Crippen LogP contribution in [0.5, 0.6) is 0 Å². The summed E-state index contributed by atoms with van der Waals surface area (Å²) in [5.74, 6) is -0.596. The van der Waals surface area contributed by atoms with Crippen LogP contribution < -0.4 is 0 Å². The van der Waals surface area contributed by atoms with Gasteiger partial charge in [-0.1, -0.05) is 90.5 Å². The van der Waals surface area contributed by atoms with E-state index in [2.05, 4.69) is 0 Å². The van der Waals surface area contributed by atoms with E-state index in [1.165, 1.54) is 0 Å². The van der Waals surface area contributed by atoms with E-state index in [0.717, 1.165) is 16.7 Å². The summed E-state index contributed by atoms with van der Waals surface area (Å²) >= 11 is 0. The van der Waals surface area contributed by atoms with E-state index in [1.807, 2.05) is 91.9 Å². The Morgan fingerprint density at radius 2 is 1.21 bits per heavy atom. The van der Waals surface area contributed by atoms with Gasteiger partial charge in [-0.2, -0.15) is 0 Å². The Morgan fingerprint density at radius 1 is 0.750 bits per heavy atom. The molecule has 1 atom stereocenters. The molecule has 142 valence electrons. The largest absolute Gasteiger partial charge is 0.335 e. The number of rotatable bonds is 6. The van der Waals surface area contributed by atoms with Crippen molar-refractivity contribution in [3.8, 4) is 0 Å². The molecule has 3 aromatic rings. The highest BCUT2D eigenvalue weighted by atomic mass is 16.2. The number of hydrogen-bond acceptors (Lipinski definition) is 2. The van der Waals surface area contributed by atoms with E-state index in [-0.39, 0.29) is 11.7 Å². The Labute approximate surface area is 166 Å². The zero-order chi connectivity index (χ0) is 20.1. The van der Waals surface area contributed by atoms with Crippen LogP contribution in [0.25, 0.3) is 0 Å². The number of hydrogen-bond donors (Lipinski definition) is 0. The predicted octanol–water partition coefficient (Wildman–Crippen LogP) is 4.86. The summed E-state index contributed by atoms with van der Waals surface area (Å²) in [5.41, 5.74) is 3.55. The van der Waals surface area contributed by atoms with Gasteiger partial charge in [0, 0.05) is 12.6 Å². The Hall–Kier alpha value is -3.20. The summed E-state index contributed by atoms with van der Waals surface area (Å²) in [6.07, 6.45) is 0. The fourth-order valence-electron chi connectivity index (χ4n) is 3.30. The van der Waals surface area contributed by atoms with Crippen molar-refractivity contribution in [1.29, 1.82) is 0 Å². The molecule has 3 aromatic carbocycles. The molecule has 0 radical (unpaired) electrons. The number of aryl methyl sites for hydroxylation is 1. The molecule has 0 heterocycles. The van der Waals surface area contributed by atoms with Crippen LogP contribution >= 0.6 is 0 Å². The molecule has 0 aliphatic heterocycles. The molecule has 0 aromatic heterocycles. The van der Waals surface area contributed by atoms with Gasteiger partial charge in [-0.3, -0.25) is 9.59 Å². The molecule has 0 fully saturated rings. The quantitative estimate of drug-likeness (QED) is 0.581. The SMILES string of the molecule is Cc1ccc(C(=O)C(C)N(C)C(=O)C(c2ccccc2)c2ccccc2)cc1. The van der Waals surface area contributed by atoms with Crippen molar-refractivity contribution in [3.05, 3.63) is 107 Å². The van der Waals surface area contributed by atoms with E-state index < -0.39 is 12.0 Å². The van der Waals surface area contributed by atoms with Gasteiger partial charge in [0.2, 0.25) is 5.91 Å². The minimum Gasteiger partial charge on any atom is -0.335 e. The first kappa shape index (κ1) is 19.6. The van der Waals surface area contributed by atoms with Crippen LogP contribution in [0.4, 0.5) is 0 Å². The number of amides is 1. The van der Waals surface area contributed by atoms with Crippen molar-refractivity contribution >= 4 is 11.7 Å². The first-order valence-corrected chi connectivity index (χ1v) is 9.46. The molecule has 0 aliphatic carbocycles. The maximum atomic E-state index is 13.4. The molecule has 1 amide bonds. The number of carbonyl (C=O) groups excluding carboxylic acids is 2. The van der Waals surface area contributed by atoms with Crippen LogP contribution in [-0.2, 0) is 4.79 Å². The summed E-state index contributed by atoms with van der Waals surface area (Å²) in [6.45, 7) is 3.77. The summed E-state index contributed by atoms with van der Waals surface area (Å²) in [4.78, 5) is 27.9. The van der Waals surface area contributed by atoms with Gasteiger partial charge >= 0.3 is 0 Å². The predicted molar refractivity (Wildman–Crippen MR) is 112 cm³/mol. The summed E-state index contributed by atoms with van der Waals surface area (Å²) in [5, 5.41) is 0. The Morgan fingerprint density at radius 3 is 1.68 bits per heavy atom. The van der Waals surface area contributed by atoms with Gasteiger partial charge in [0.1, 0.15) is 0 Å². The Balaban J connectivity index is 1.89. The van der Waals surface area contributed by atoms with Crippen LogP contribution in [0.3, 0.4) is 0 Å². The zero-order valence-electron chi connectivity index (χ0n) is 16.5. The minimum absolute atomic E-state index is 0.0595. The van der Waals surface area contributed by atoms with E-state index in [9.17, 15) is 9.59 Å². The van der Waals surface area contributed by atoms with Crippen molar-refractivity contribution in [2.24, 2.45) is 0 Å². The molecule has 28 heavy (non-hydrogen) atoms. The average molecular weight is 371 g/mol. The maximum Gasteiger partial charge on any atom is 0.234 e. The molecule has 0 saturated heterocycles. The van der Waals surface area contributed by atoms with Crippen molar-refractivity contribution in [1.82, 2.24) is 4.90 Å². The van der Waals surface area contributed by atoms with Gasteiger partial charge in [0.05, 0.1) is 12.0 Å². The fourth-order valence-corrected chi connectivity index (χ4v) is 3.30. The van der Waals surface area contributed by atoms with E-state index in [4.69, 9.17) is 0 Å². The number of carbonyl (C=O) groups is 2. The molecular weight excluding hydrogens is 346 g/mol. The van der Waals surface area contributed by atoms with Crippen molar-refractivity contribution in [3.63, 3.8) is 0 Å². The maximum absolute atomic E-state index is 13.4. The normalized spacial score (nSPS) is 11.9. The molecule has 0 aliphatic rings. The summed E-state index contributed by atoms with van der Waals surface area (Å²) < 4.78 is 0. The first-order valence-electron chi connectivity index (χ1n) is 9.46. The highest BCUT2D eigenvalue weighted by Crippen LogP contribution is 2.27. The Kier molecular flexibility index (Phi) is 6.05. The van der Waals surface area contributed by atoms with Crippen molar-refractivity contribution < 1.29 is 9.59 Å². The van der Waals surface area contributed by atoms with Crippen LogP contribution in [-0.4, -0.2) is 29.7 Å². The molecule has 3 heteroatoms. The second kappa shape index (κ2) is 8.66. The van der Waals surface area contributed by atoms with E-state index >= 15 is 0 Å². The van der Waals surface area contributed by atoms with E-state index in [0.29, 0.717) is 5.56 Å². The Bertz CT molecular complexity index is 894. The zero-order valence-corrected chi connectivity index (χ0v) is 16.5. The fraction of sp³-hybridized carbons (Fsp3) is 0.200. The van der Waals surface area contributed by atoms with Crippen molar-refractivity contribution in [2.75, 3.05) is 7.05 Å². The standard InChI is InChI=1S/C25H25NO2/c1-18-14-16-22(17-15-18)24(27)19(2)26(3)25(28)23(20-10-6-4-7-11-20)21-12-8-5-9-13-21/h4-17,19,23H,1-3H3. The molecule has 0 spiro atoms. The van der Waals surface area contributed by atoms with Crippen LogP contribution in [0.1, 0.15) is 39.9 Å². The third kappa shape index (κ3) is 4.20. The highest BCUT2D eigenvalue weighted by molar-refractivity contribution is 6.02. The van der Waals surface area contributed by atoms with Crippen LogP contribution in [0.15, 0.2) is 84.9 Å². The third-order valence-corrected chi connectivity index (χ3v) is 5.16. The van der Waals surface area contributed by atoms with Crippen LogP contribution in [0.2, 0.25) is 0 Å².